The molecule has 8 heavy (non-hydrogen) atoms. The molecular formula is C5H13N3. The van der Waals surface area contributed by atoms with Crippen LogP contribution >= 0.6 is 0 Å². The maximum atomic E-state index is 4.82. The van der Waals surface area contributed by atoms with Gasteiger partial charge >= 0.3 is 0 Å². The average Bonchev–Trinajstić information content (AvgIpc) is 1.66. The first-order valence-electron chi connectivity index (χ1n) is 2.72. The van der Waals surface area contributed by atoms with E-state index in [9.17, 15) is 0 Å². The van der Waals surface area contributed by atoms with E-state index in [1.165, 1.54) is 6.34 Å². The van der Waals surface area contributed by atoms with Gasteiger partial charge in [-0.15, -0.1) is 0 Å². The van der Waals surface area contributed by atoms with Crippen LogP contribution in [0.25, 0.3) is 0 Å². The minimum Gasteiger partial charge on any atom is -0.374 e. The highest BCUT2D eigenvalue weighted by molar-refractivity contribution is 5.53. The molecule has 0 heterocycles. The number of hydrogen-bond acceptors (Lipinski definition) is 2. The first-order valence-corrected chi connectivity index (χ1v) is 2.72. The van der Waals surface area contributed by atoms with Crippen LogP contribution in [0.1, 0.15) is 13.8 Å². The molecule has 0 aromatic carbocycles. The van der Waals surface area contributed by atoms with E-state index in [1.54, 1.807) is 0 Å². The van der Waals surface area contributed by atoms with Crippen molar-refractivity contribution in [3.63, 3.8) is 0 Å². The number of nitrogens with two attached hydrogens (primary N) is 1. The Morgan fingerprint density at radius 1 is 1.75 bits per heavy atom. The fraction of sp³-hybridized carbons (Fsp3) is 0.800. The summed E-state index contributed by atoms with van der Waals surface area (Å²) in [5, 5.41) is 6.19. The lowest BCUT2D eigenvalue weighted by molar-refractivity contribution is 0.628. The van der Waals surface area contributed by atoms with Crippen LogP contribution in [0.4, 0.5) is 0 Å². The normalized spacial score (nSPS) is 10.9. The van der Waals surface area contributed by atoms with Crippen LogP contribution < -0.4 is 11.2 Å². The van der Waals surface area contributed by atoms with Crippen LogP contribution in [0.2, 0.25) is 0 Å². The van der Waals surface area contributed by atoms with Crippen molar-refractivity contribution in [3.05, 3.63) is 0 Å². The van der Waals surface area contributed by atoms with Crippen LogP contribution in [0.3, 0.4) is 0 Å². The van der Waals surface area contributed by atoms with Crippen molar-refractivity contribution >= 4 is 6.34 Å². The predicted molar refractivity (Wildman–Crippen MR) is 35.5 cm³/mol. The van der Waals surface area contributed by atoms with Gasteiger partial charge in [0.1, 0.15) is 6.34 Å². The topological polar surface area (TPSA) is 50.4 Å². The molecule has 0 amide bonds. The Morgan fingerprint density at radius 3 is 2.75 bits per heavy atom. The lowest BCUT2D eigenvalue weighted by Gasteiger charge is -2.00. The van der Waals surface area contributed by atoms with Gasteiger partial charge in [-0.25, -0.2) is 0 Å². The Balaban J connectivity index is 2.93. The van der Waals surface area contributed by atoms with Gasteiger partial charge in [-0.05, 0) is 5.92 Å². The molecular weight excluding hydrogens is 102 g/mol. The van der Waals surface area contributed by atoms with Crippen LogP contribution in [-0.4, -0.2) is 12.9 Å². The van der Waals surface area contributed by atoms with Gasteiger partial charge < -0.3 is 11.2 Å². The van der Waals surface area contributed by atoms with E-state index < -0.39 is 0 Å². The molecule has 0 radical (unpaired) electrons. The second-order valence-electron chi connectivity index (χ2n) is 2.08. The van der Waals surface area contributed by atoms with Gasteiger partial charge in [0.05, 0.1) is 0 Å². The Labute approximate surface area is 50.0 Å². The summed E-state index contributed by atoms with van der Waals surface area (Å²) < 4.78 is 0. The molecule has 0 bridgehead atoms. The van der Waals surface area contributed by atoms with Gasteiger partial charge in [-0.3, -0.25) is 0 Å². The molecule has 0 aromatic rings. The van der Waals surface area contributed by atoms with Crippen LogP contribution in [0.5, 0.6) is 0 Å². The average molecular weight is 115 g/mol. The summed E-state index contributed by atoms with van der Waals surface area (Å²) in [5.74, 6) is 5.47. The molecule has 0 unspecified atom stereocenters. The molecule has 3 nitrogen and oxygen atoms in total. The third kappa shape index (κ3) is 5.27. The molecule has 3 heteroatoms. The van der Waals surface area contributed by atoms with Crippen molar-refractivity contribution in [1.29, 1.82) is 0 Å². The molecule has 0 atom stereocenters. The molecule has 0 fully saturated rings. The quantitative estimate of drug-likeness (QED) is 0.238. The van der Waals surface area contributed by atoms with E-state index in [0.717, 1.165) is 6.54 Å². The van der Waals surface area contributed by atoms with E-state index in [0.29, 0.717) is 5.92 Å². The summed E-state index contributed by atoms with van der Waals surface area (Å²) in [6.07, 6.45) is 1.50. The molecule has 0 rings (SSSR count). The molecule has 0 spiro atoms. The number of hydrogen-bond donors (Lipinski definition) is 2. The first-order chi connectivity index (χ1) is 3.77. The van der Waals surface area contributed by atoms with E-state index in [2.05, 4.69) is 24.3 Å². The van der Waals surface area contributed by atoms with E-state index in [-0.39, 0.29) is 0 Å². The van der Waals surface area contributed by atoms with E-state index in [4.69, 9.17) is 5.84 Å². The van der Waals surface area contributed by atoms with Crippen LogP contribution in [0.15, 0.2) is 5.10 Å². The number of hydrazone groups is 1. The van der Waals surface area contributed by atoms with Crippen LogP contribution in [-0.2, 0) is 0 Å². The molecule has 0 aliphatic rings. The Morgan fingerprint density at radius 2 is 2.38 bits per heavy atom. The maximum absolute atomic E-state index is 4.82. The van der Waals surface area contributed by atoms with E-state index >= 15 is 0 Å². The third-order valence-electron chi connectivity index (χ3n) is 0.692. The fourth-order valence-corrected chi connectivity index (χ4v) is 0.341. The highest BCUT2D eigenvalue weighted by Gasteiger charge is 1.86. The van der Waals surface area contributed by atoms with Gasteiger partial charge in [-0.2, -0.15) is 5.10 Å². The largest absolute Gasteiger partial charge is 0.374 e. The number of nitrogens with zero attached hydrogens (tertiary/aromatic N) is 1. The zero-order valence-electron chi connectivity index (χ0n) is 5.39. The summed E-state index contributed by atoms with van der Waals surface area (Å²) in [6.45, 7) is 5.18. The Hall–Kier alpha value is -0.730. The smallest absolute Gasteiger partial charge is 0.108 e. The van der Waals surface area contributed by atoms with Crippen molar-refractivity contribution in [3.8, 4) is 0 Å². The lowest BCUT2D eigenvalue weighted by atomic mass is 10.2. The van der Waals surface area contributed by atoms with Gasteiger partial charge in [0.25, 0.3) is 0 Å². The number of rotatable bonds is 3. The Kier molecular flexibility index (Phi) is 4.03. The van der Waals surface area contributed by atoms with E-state index in [1.807, 2.05) is 0 Å². The lowest BCUT2D eigenvalue weighted by Crippen LogP contribution is -2.17. The van der Waals surface area contributed by atoms with Gasteiger partial charge in [-0.1, -0.05) is 13.8 Å². The second kappa shape index (κ2) is 4.43. The highest BCUT2D eigenvalue weighted by atomic mass is 15.2. The molecule has 0 saturated heterocycles. The summed E-state index contributed by atoms with van der Waals surface area (Å²) in [7, 11) is 0. The summed E-state index contributed by atoms with van der Waals surface area (Å²) in [5.41, 5.74) is 0. The number of nitrogens with one attached hydrogen (secondary N) is 1. The minimum absolute atomic E-state index is 0.646. The maximum Gasteiger partial charge on any atom is 0.108 e. The molecule has 0 aliphatic carbocycles. The van der Waals surface area contributed by atoms with Gasteiger partial charge in [0.2, 0.25) is 0 Å². The first kappa shape index (κ1) is 7.27. The van der Waals surface area contributed by atoms with Crippen molar-refractivity contribution in [2.75, 3.05) is 6.54 Å². The Bertz CT molecular complexity index is 68.1. The van der Waals surface area contributed by atoms with Crippen molar-refractivity contribution in [2.24, 2.45) is 16.9 Å². The monoisotopic (exact) mass is 115 g/mol. The minimum atomic E-state index is 0.646. The zero-order chi connectivity index (χ0) is 6.41. The zero-order valence-corrected chi connectivity index (χ0v) is 5.39. The van der Waals surface area contributed by atoms with Gasteiger partial charge in [0, 0.05) is 6.54 Å². The fourth-order valence-electron chi connectivity index (χ4n) is 0.341. The van der Waals surface area contributed by atoms with Crippen molar-refractivity contribution in [1.82, 2.24) is 5.32 Å². The summed E-state index contributed by atoms with van der Waals surface area (Å²) in [6, 6.07) is 0. The second-order valence-corrected chi connectivity index (χ2v) is 2.08. The highest BCUT2D eigenvalue weighted by Crippen LogP contribution is 1.84. The van der Waals surface area contributed by atoms with Gasteiger partial charge in [0.15, 0.2) is 0 Å². The third-order valence-corrected chi connectivity index (χ3v) is 0.692. The molecule has 48 valence electrons. The predicted octanol–water partition coefficient (Wildman–Crippen LogP) is 0.134. The van der Waals surface area contributed by atoms with Crippen molar-refractivity contribution < 1.29 is 0 Å². The molecule has 0 aromatic heterocycles. The molecule has 0 aliphatic heterocycles. The molecule has 3 N–H and O–H groups in total. The standard InChI is InChI=1S/C5H13N3/c1-5(2)3-7-4-8-6/h4-5H,3,6H2,1-2H3,(H,7,8). The summed E-state index contributed by atoms with van der Waals surface area (Å²) in [4.78, 5) is 0. The summed E-state index contributed by atoms with van der Waals surface area (Å²) >= 11 is 0. The molecule has 0 saturated carbocycles. The SMILES string of the molecule is CC(C)CN/C=N\N. The van der Waals surface area contributed by atoms with Crippen molar-refractivity contribution in [2.45, 2.75) is 13.8 Å². The van der Waals surface area contributed by atoms with Crippen LogP contribution in [0, 0.1) is 5.92 Å².